The highest BCUT2D eigenvalue weighted by Gasteiger charge is 2.16. The van der Waals surface area contributed by atoms with Gasteiger partial charge in [-0.2, -0.15) is 0 Å². The molecule has 2 atom stereocenters. The van der Waals surface area contributed by atoms with Crippen LogP contribution in [-0.4, -0.2) is 30.8 Å². The van der Waals surface area contributed by atoms with Crippen LogP contribution in [0.2, 0.25) is 0 Å². The predicted octanol–water partition coefficient (Wildman–Crippen LogP) is 0.543. The van der Waals surface area contributed by atoms with Crippen molar-refractivity contribution in [3.05, 3.63) is 29.8 Å². The standard InChI is InChI=1S/C12H18N2O3/c1-8(9-4-3-5-10(15)6-9)14-12(16)11(13)7-17-2/h3-6,8,11,15H,7,13H2,1-2H3,(H,14,16). The maximum Gasteiger partial charge on any atom is 0.239 e. The number of carbonyl (C=O) groups excluding carboxylic acids is 1. The van der Waals surface area contributed by atoms with Gasteiger partial charge in [-0.25, -0.2) is 0 Å². The van der Waals surface area contributed by atoms with Crippen molar-refractivity contribution in [3.8, 4) is 5.75 Å². The Morgan fingerprint density at radius 2 is 2.29 bits per heavy atom. The molecule has 5 nitrogen and oxygen atoms in total. The summed E-state index contributed by atoms with van der Waals surface area (Å²) < 4.78 is 4.81. The molecule has 1 rings (SSSR count). The number of nitrogens with one attached hydrogen (secondary N) is 1. The molecule has 1 amide bonds. The van der Waals surface area contributed by atoms with Crippen LogP contribution in [0.5, 0.6) is 5.75 Å². The fourth-order valence-corrected chi connectivity index (χ4v) is 1.45. The first-order valence-corrected chi connectivity index (χ1v) is 5.38. The molecule has 0 aliphatic heterocycles. The van der Waals surface area contributed by atoms with Gasteiger partial charge in [-0.3, -0.25) is 4.79 Å². The van der Waals surface area contributed by atoms with Crippen molar-refractivity contribution >= 4 is 5.91 Å². The topological polar surface area (TPSA) is 84.6 Å². The van der Waals surface area contributed by atoms with Crippen molar-refractivity contribution < 1.29 is 14.6 Å². The fourth-order valence-electron chi connectivity index (χ4n) is 1.45. The average molecular weight is 238 g/mol. The summed E-state index contributed by atoms with van der Waals surface area (Å²) in [5.41, 5.74) is 6.42. The van der Waals surface area contributed by atoms with E-state index in [0.29, 0.717) is 0 Å². The zero-order chi connectivity index (χ0) is 12.8. The summed E-state index contributed by atoms with van der Waals surface area (Å²) in [4.78, 5) is 11.6. The van der Waals surface area contributed by atoms with E-state index in [0.717, 1.165) is 5.56 Å². The Morgan fingerprint density at radius 1 is 1.59 bits per heavy atom. The summed E-state index contributed by atoms with van der Waals surface area (Å²) in [6, 6.07) is 5.84. The highest BCUT2D eigenvalue weighted by molar-refractivity contribution is 5.82. The van der Waals surface area contributed by atoms with Crippen molar-refractivity contribution in [2.45, 2.75) is 19.0 Å². The minimum Gasteiger partial charge on any atom is -0.508 e. The summed E-state index contributed by atoms with van der Waals surface area (Å²) in [5.74, 6) is -0.104. The molecule has 1 aromatic carbocycles. The van der Waals surface area contributed by atoms with Crippen molar-refractivity contribution in [1.82, 2.24) is 5.32 Å². The number of carbonyl (C=O) groups is 1. The maximum atomic E-state index is 11.6. The summed E-state index contributed by atoms with van der Waals surface area (Å²) >= 11 is 0. The second kappa shape index (κ2) is 6.22. The normalized spacial score (nSPS) is 14.1. The number of aromatic hydroxyl groups is 1. The first-order valence-electron chi connectivity index (χ1n) is 5.38. The molecule has 0 radical (unpaired) electrons. The second-order valence-corrected chi connectivity index (χ2v) is 3.89. The van der Waals surface area contributed by atoms with Crippen molar-refractivity contribution in [2.24, 2.45) is 5.73 Å². The lowest BCUT2D eigenvalue weighted by atomic mass is 10.1. The molecule has 0 bridgehead atoms. The Hall–Kier alpha value is -1.59. The number of rotatable bonds is 5. The molecule has 17 heavy (non-hydrogen) atoms. The minimum atomic E-state index is -0.681. The van der Waals surface area contributed by atoms with Gasteiger partial charge in [-0.05, 0) is 24.6 Å². The monoisotopic (exact) mass is 238 g/mol. The van der Waals surface area contributed by atoms with E-state index in [1.165, 1.54) is 7.11 Å². The van der Waals surface area contributed by atoms with E-state index < -0.39 is 6.04 Å². The van der Waals surface area contributed by atoms with Gasteiger partial charge in [0.1, 0.15) is 11.8 Å². The van der Waals surface area contributed by atoms with E-state index in [2.05, 4.69) is 5.32 Å². The van der Waals surface area contributed by atoms with Crippen LogP contribution >= 0.6 is 0 Å². The molecule has 4 N–H and O–H groups in total. The lowest BCUT2D eigenvalue weighted by molar-refractivity contribution is -0.124. The van der Waals surface area contributed by atoms with E-state index >= 15 is 0 Å². The smallest absolute Gasteiger partial charge is 0.239 e. The molecular formula is C12H18N2O3. The van der Waals surface area contributed by atoms with Gasteiger partial charge in [0.2, 0.25) is 5.91 Å². The molecule has 0 aromatic heterocycles. The van der Waals surface area contributed by atoms with Gasteiger partial charge < -0.3 is 20.9 Å². The van der Waals surface area contributed by atoms with Crippen LogP contribution in [0.15, 0.2) is 24.3 Å². The molecule has 0 heterocycles. The van der Waals surface area contributed by atoms with Crippen LogP contribution in [0.1, 0.15) is 18.5 Å². The zero-order valence-electron chi connectivity index (χ0n) is 10.0. The predicted molar refractivity (Wildman–Crippen MR) is 64.5 cm³/mol. The van der Waals surface area contributed by atoms with Crippen molar-refractivity contribution in [2.75, 3.05) is 13.7 Å². The molecular weight excluding hydrogens is 220 g/mol. The van der Waals surface area contributed by atoms with Crippen molar-refractivity contribution in [3.63, 3.8) is 0 Å². The van der Waals surface area contributed by atoms with E-state index in [1.54, 1.807) is 18.2 Å². The fraction of sp³-hybridized carbons (Fsp3) is 0.417. The van der Waals surface area contributed by atoms with Crippen LogP contribution in [0.25, 0.3) is 0 Å². The molecule has 0 saturated heterocycles. The SMILES string of the molecule is COCC(N)C(=O)NC(C)c1cccc(O)c1. The third-order valence-corrected chi connectivity index (χ3v) is 2.41. The van der Waals surface area contributed by atoms with E-state index in [1.807, 2.05) is 13.0 Å². The summed E-state index contributed by atoms with van der Waals surface area (Å²) in [7, 11) is 1.49. The first-order chi connectivity index (χ1) is 8.04. The van der Waals surface area contributed by atoms with Gasteiger partial charge in [0.05, 0.1) is 12.6 Å². The highest BCUT2D eigenvalue weighted by atomic mass is 16.5. The number of phenolic OH excluding ortho intramolecular Hbond substituents is 1. The van der Waals surface area contributed by atoms with E-state index in [4.69, 9.17) is 10.5 Å². The molecule has 2 unspecified atom stereocenters. The number of benzene rings is 1. The van der Waals surface area contributed by atoms with Gasteiger partial charge >= 0.3 is 0 Å². The lowest BCUT2D eigenvalue weighted by Crippen LogP contribution is -2.44. The second-order valence-electron chi connectivity index (χ2n) is 3.89. The Morgan fingerprint density at radius 3 is 2.88 bits per heavy atom. The average Bonchev–Trinajstić information content (AvgIpc) is 2.29. The van der Waals surface area contributed by atoms with Gasteiger partial charge in [-0.15, -0.1) is 0 Å². The van der Waals surface area contributed by atoms with Crippen LogP contribution in [-0.2, 0) is 9.53 Å². The molecule has 0 aliphatic carbocycles. The first kappa shape index (κ1) is 13.5. The third kappa shape index (κ3) is 4.05. The molecule has 0 fully saturated rings. The van der Waals surface area contributed by atoms with Gasteiger partial charge in [0.25, 0.3) is 0 Å². The van der Waals surface area contributed by atoms with E-state index in [9.17, 15) is 9.90 Å². The maximum absolute atomic E-state index is 11.6. The number of methoxy groups -OCH3 is 1. The van der Waals surface area contributed by atoms with Crippen LogP contribution < -0.4 is 11.1 Å². The minimum absolute atomic E-state index is 0.171. The Kier molecular flexibility index (Phi) is 4.93. The van der Waals surface area contributed by atoms with Gasteiger partial charge in [-0.1, -0.05) is 12.1 Å². The number of hydrogen-bond acceptors (Lipinski definition) is 4. The van der Waals surface area contributed by atoms with Gasteiger partial charge in [0.15, 0.2) is 0 Å². The summed E-state index contributed by atoms with van der Waals surface area (Å²) in [5, 5.41) is 12.1. The molecule has 94 valence electrons. The zero-order valence-corrected chi connectivity index (χ0v) is 10.0. The summed E-state index contributed by atoms with van der Waals surface area (Å²) in [6.07, 6.45) is 0. The van der Waals surface area contributed by atoms with Crippen molar-refractivity contribution in [1.29, 1.82) is 0 Å². The van der Waals surface area contributed by atoms with E-state index in [-0.39, 0.29) is 24.3 Å². The Labute approximate surface area is 101 Å². The Bertz CT molecular complexity index is 382. The number of nitrogens with two attached hydrogens (primary N) is 1. The third-order valence-electron chi connectivity index (χ3n) is 2.41. The van der Waals surface area contributed by atoms with Crippen LogP contribution in [0.4, 0.5) is 0 Å². The van der Waals surface area contributed by atoms with Gasteiger partial charge in [0, 0.05) is 7.11 Å². The molecule has 5 heteroatoms. The largest absolute Gasteiger partial charge is 0.508 e. The number of ether oxygens (including phenoxy) is 1. The highest BCUT2D eigenvalue weighted by Crippen LogP contribution is 2.17. The summed E-state index contributed by atoms with van der Waals surface area (Å²) in [6.45, 7) is 2.00. The molecule has 0 spiro atoms. The molecule has 0 saturated carbocycles. The lowest BCUT2D eigenvalue weighted by Gasteiger charge is -2.17. The number of amides is 1. The van der Waals surface area contributed by atoms with Crippen LogP contribution in [0, 0.1) is 0 Å². The molecule has 1 aromatic rings. The molecule has 0 aliphatic rings. The number of hydrogen-bond donors (Lipinski definition) is 3. The Balaban J connectivity index is 2.60. The number of phenols is 1. The van der Waals surface area contributed by atoms with Crippen LogP contribution in [0.3, 0.4) is 0 Å². The quantitative estimate of drug-likeness (QED) is 0.699.